The van der Waals surface area contributed by atoms with Gasteiger partial charge in [-0.25, -0.2) is 0 Å². The van der Waals surface area contributed by atoms with Gasteiger partial charge in [-0.1, -0.05) is 12.1 Å². The molecule has 4 heteroatoms. The Morgan fingerprint density at radius 1 is 1.41 bits per heavy atom. The van der Waals surface area contributed by atoms with Crippen LogP contribution in [0.25, 0.3) is 0 Å². The summed E-state index contributed by atoms with van der Waals surface area (Å²) >= 11 is 0. The minimum atomic E-state index is -0.820. The Kier molecular flexibility index (Phi) is 3.98. The fraction of sp³-hybridized carbons (Fsp3) is 0.462. The maximum absolute atomic E-state index is 10.5. The summed E-state index contributed by atoms with van der Waals surface area (Å²) in [5, 5.41) is 8.65. The summed E-state index contributed by atoms with van der Waals surface area (Å²) in [5.74, 6) is -0.0472. The maximum atomic E-state index is 10.5. The van der Waals surface area contributed by atoms with Crippen molar-refractivity contribution in [2.24, 2.45) is 0 Å². The molecule has 1 aromatic rings. The number of carboxylic acid groups (broad SMARTS) is 1. The van der Waals surface area contributed by atoms with E-state index in [9.17, 15) is 4.79 Å². The lowest BCUT2D eigenvalue weighted by molar-refractivity contribution is -0.136. The molecule has 1 heterocycles. The molecule has 0 aromatic heterocycles. The van der Waals surface area contributed by atoms with Gasteiger partial charge in [0, 0.05) is 6.61 Å². The average molecular weight is 236 g/mol. The van der Waals surface area contributed by atoms with E-state index in [0.29, 0.717) is 6.61 Å². The lowest BCUT2D eigenvalue weighted by Gasteiger charge is -2.23. The zero-order valence-electron chi connectivity index (χ0n) is 9.59. The van der Waals surface area contributed by atoms with Crippen LogP contribution < -0.4 is 4.74 Å². The Bertz CT molecular complexity index is 366. The predicted molar refractivity (Wildman–Crippen MR) is 62.3 cm³/mol. The largest absolute Gasteiger partial charge is 0.488 e. The molecule has 1 atom stereocenters. The number of hydrogen-bond donors (Lipinski definition) is 1. The molecule has 1 saturated heterocycles. The molecular weight excluding hydrogens is 220 g/mol. The van der Waals surface area contributed by atoms with Crippen LogP contribution >= 0.6 is 0 Å². The third kappa shape index (κ3) is 3.75. The number of carboxylic acids is 1. The quantitative estimate of drug-likeness (QED) is 0.867. The molecule has 1 unspecified atom stereocenters. The van der Waals surface area contributed by atoms with E-state index in [2.05, 4.69) is 0 Å². The van der Waals surface area contributed by atoms with Gasteiger partial charge >= 0.3 is 5.97 Å². The van der Waals surface area contributed by atoms with E-state index in [4.69, 9.17) is 14.6 Å². The van der Waals surface area contributed by atoms with Crippen molar-refractivity contribution in [3.8, 4) is 5.75 Å². The van der Waals surface area contributed by atoms with Crippen molar-refractivity contribution >= 4 is 5.97 Å². The van der Waals surface area contributed by atoms with Crippen molar-refractivity contribution in [3.05, 3.63) is 29.8 Å². The fourth-order valence-electron chi connectivity index (χ4n) is 1.86. The number of carbonyl (C=O) groups is 1. The molecule has 0 spiro atoms. The predicted octanol–water partition coefficient (Wildman–Crippen LogP) is 1.87. The first-order valence-electron chi connectivity index (χ1n) is 5.79. The van der Waals surface area contributed by atoms with Crippen LogP contribution in [0.5, 0.6) is 5.75 Å². The van der Waals surface area contributed by atoms with Gasteiger partial charge in [-0.05, 0) is 30.5 Å². The summed E-state index contributed by atoms with van der Waals surface area (Å²) < 4.78 is 11.1. The standard InChI is InChI=1S/C13H16O4/c14-13(15)8-10-3-5-11(6-4-10)17-12-2-1-7-16-9-12/h3-6,12H,1-2,7-9H2,(H,14,15). The molecule has 0 saturated carbocycles. The van der Waals surface area contributed by atoms with Crippen LogP contribution in [-0.4, -0.2) is 30.4 Å². The molecular formula is C13H16O4. The Morgan fingerprint density at radius 3 is 2.76 bits per heavy atom. The van der Waals surface area contributed by atoms with Crippen LogP contribution in [-0.2, 0) is 16.0 Å². The van der Waals surface area contributed by atoms with Gasteiger partial charge in [0.2, 0.25) is 0 Å². The SMILES string of the molecule is O=C(O)Cc1ccc(OC2CCCOC2)cc1. The van der Waals surface area contributed by atoms with E-state index in [1.54, 1.807) is 12.1 Å². The molecule has 0 amide bonds. The molecule has 1 aromatic carbocycles. The Morgan fingerprint density at radius 2 is 2.18 bits per heavy atom. The van der Waals surface area contributed by atoms with E-state index in [1.807, 2.05) is 12.1 Å². The second-order valence-electron chi connectivity index (χ2n) is 4.17. The molecule has 17 heavy (non-hydrogen) atoms. The van der Waals surface area contributed by atoms with E-state index in [0.717, 1.165) is 30.8 Å². The summed E-state index contributed by atoms with van der Waals surface area (Å²) in [4.78, 5) is 10.5. The number of hydrogen-bond acceptors (Lipinski definition) is 3. The second-order valence-corrected chi connectivity index (χ2v) is 4.17. The molecule has 1 aliphatic heterocycles. The average Bonchev–Trinajstić information content (AvgIpc) is 2.32. The van der Waals surface area contributed by atoms with Gasteiger partial charge in [0.25, 0.3) is 0 Å². The molecule has 1 aliphatic rings. The van der Waals surface area contributed by atoms with Crippen LogP contribution in [0.1, 0.15) is 18.4 Å². The number of ether oxygens (including phenoxy) is 2. The van der Waals surface area contributed by atoms with E-state index in [-0.39, 0.29) is 12.5 Å². The second kappa shape index (κ2) is 5.68. The monoisotopic (exact) mass is 236 g/mol. The van der Waals surface area contributed by atoms with Crippen molar-refractivity contribution in [3.63, 3.8) is 0 Å². The molecule has 92 valence electrons. The zero-order valence-corrected chi connectivity index (χ0v) is 9.59. The number of aliphatic carboxylic acids is 1. The lowest BCUT2D eigenvalue weighted by atomic mass is 10.1. The third-order valence-corrected chi connectivity index (χ3v) is 2.70. The van der Waals surface area contributed by atoms with Crippen molar-refractivity contribution in [1.29, 1.82) is 0 Å². The molecule has 0 bridgehead atoms. The smallest absolute Gasteiger partial charge is 0.307 e. The molecule has 2 rings (SSSR count). The normalized spacial score (nSPS) is 19.9. The van der Waals surface area contributed by atoms with Crippen LogP contribution in [0.3, 0.4) is 0 Å². The summed E-state index contributed by atoms with van der Waals surface area (Å²) in [6, 6.07) is 7.19. The van der Waals surface area contributed by atoms with Crippen molar-refractivity contribution in [2.45, 2.75) is 25.4 Å². The number of benzene rings is 1. The van der Waals surface area contributed by atoms with Gasteiger partial charge in [-0.3, -0.25) is 4.79 Å². The minimum Gasteiger partial charge on any atom is -0.488 e. The first kappa shape index (κ1) is 11.9. The Balaban J connectivity index is 1.90. The first-order valence-corrected chi connectivity index (χ1v) is 5.79. The summed E-state index contributed by atoms with van der Waals surface area (Å²) in [6.45, 7) is 1.45. The van der Waals surface area contributed by atoms with Crippen LogP contribution in [0, 0.1) is 0 Å². The summed E-state index contributed by atoms with van der Waals surface area (Å²) in [5.41, 5.74) is 0.782. The lowest BCUT2D eigenvalue weighted by Crippen LogP contribution is -2.27. The van der Waals surface area contributed by atoms with Gasteiger partial charge < -0.3 is 14.6 Å². The highest BCUT2D eigenvalue weighted by Crippen LogP contribution is 2.18. The fourth-order valence-corrected chi connectivity index (χ4v) is 1.86. The van der Waals surface area contributed by atoms with E-state index >= 15 is 0 Å². The third-order valence-electron chi connectivity index (χ3n) is 2.70. The Labute approximate surface area is 100 Å². The van der Waals surface area contributed by atoms with Gasteiger partial charge in [-0.2, -0.15) is 0 Å². The molecule has 1 fully saturated rings. The van der Waals surface area contributed by atoms with Crippen molar-refractivity contribution in [1.82, 2.24) is 0 Å². The Hall–Kier alpha value is -1.55. The summed E-state index contributed by atoms with van der Waals surface area (Å²) in [6.07, 6.45) is 2.21. The topological polar surface area (TPSA) is 55.8 Å². The van der Waals surface area contributed by atoms with E-state index < -0.39 is 5.97 Å². The minimum absolute atomic E-state index is 0.0484. The highest BCUT2D eigenvalue weighted by atomic mass is 16.5. The highest BCUT2D eigenvalue weighted by Gasteiger charge is 2.15. The molecule has 0 aliphatic carbocycles. The van der Waals surface area contributed by atoms with Crippen LogP contribution in [0.4, 0.5) is 0 Å². The van der Waals surface area contributed by atoms with Gasteiger partial charge in [-0.15, -0.1) is 0 Å². The van der Waals surface area contributed by atoms with Crippen molar-refractivity contribution in [2.75, 3.05) is 13.2 Å². The molecule has 1 N–H and O–H groups in total. The molecule has 4 nitrogen and oxygen atoms in total. The van der Waals surface area contributed by atoms with Gasteiger partial charge in [0.15, 0.2) is 0 Å². The van der Waals surface area contributed by atoms with Gasteiger partial charge in [0.05, 0.1) is 13.0 Å². The van der Waals surface area contributed by atoms with E-state index in [1.165, 1.54) is 0 Å². The van der Waals surface area contributed by atoms with Crippen LogP contribution in [0.15, 0.2) is 24.3 Å². The van der Waals surface area contributed by atoms with Crippen LogP contribution in [0.2, 0.25) is 0 Å². The zero-order chi connectivity index (χ0) is 12.1. The van der Waals surface area contributed by atoms with Crippen molar-refractivity contribution < 1.29 is 19.4 Å². The number of rotatable bonds is 4. The highest BCUT2D eigenvalue weighted by molar-refractivity contribution is 5.70. The summed E-state index contributed by atoms with van der Waals surface area (Å²) in [7, 11) is 0. The first-order chi connectivity index (χ1) is 8.24. The maximum Gasteiger partial charge on any atom is 0.307 e. The van der Waals surface area contributed by atoms with Gasteiger partial charge in [0.1, 0.15) is 11.9 Å². The molecule has 0 radical (unpaired) electrons.